The zero-order chi connectivity index (χ0) is 11.5. The summed E-state index contributed by atoms with van der Waals surface area (Å²) in [5, 5.41) is 3.00. The van der Waals surface area contributed by atoms with Crippen LogP contribution in [-0.4, -0.2) is 4.98 Å². The monoisotopic (exact) mass is 240 g/mol. The lowest BCUT2D eigenvalue weighted by molar-refractivity contribution is 0.585. The Bertz CT molecular complexity index is 517. The Balaban J connectivity index is 2.27. The maximum absolute atomic E-state index is 12.8. The van der Waals surface area contributed by atoms with Gasteiger partial charge in [0.05, 0.1) is 10.7 Å². The number of halogens is 3. The van der Waals surface area contributed by atoms with Gasteiger partial charge in [-0.1, -0.05) is 17.7 Å². The van der Waals surface area contributed by atoms with E-state index in [0.717, 1.165) is 0 Å². The molecular formula is C11H7ClF2N2. The number of nitrogens with one attached hydrogen (secondary N) is 1. The molecule has 0 saturated heterocycles. The van der Waals surface area contributed by atoms with Crippen LogP contribution in [0.2, 0.25) is 5.02 Å². The Morgan fingerprint density at radius 1 is 1.12 bits per heavy atom. The number of pyridine rings is 1. The molecule has 16 heavy (non-hydrogen) atoms. The highest BCUT2D eigenvalue weighted by Gasteiger charge is 2.03. The molecule has 2 nitrogen and oxygen atoms in total. The number of hydrogen-bond acceptors (Lipinski definition) is 2. The molecule has 1 N–H and O–H groups in total. The van der Waals surface area contributed by atoms with Gasteiger partial charge in [0.2, 0.25) is 5.95 Å². The highest BCUT2D eigenvalue weighted by Crippen LogP contribution is 2.25. The normalized spacial score (nSPS) is 10.2. The molecule has 1 aromatic heterocycles. The van der Waals surface area contributed by atoms with Crippen molar-refractivity contribution in [1.82, 2.24) is 4.98 Å². The van der Waals surface area contributed by atoms with E-state index >= 15 is 0 Å². The Morgan fingerprint density at radius 3 is 2.62 bits per heavy atom. The van der Waals surface area contributed by atoms with Crippen molar-refractivity contribution in [2.75, 3.05) is 5.32 Å². The molecule has 0 aliphatic heterocycles. The summed E-state index contributed by atoms with van der Waals surface area (Å²) in [5.41, 5.74) is 0.473. The van der Waals surface area contributed by atoms with E-state index in [1.807, 2.05) is 0 Å². The number of anilines is 2. The third-order valence-electron chi connectivity index (χ3n) is 1.91. The van der Waals surface area contributed by atoms with Crippen LogP contribution < -0.4 is 5.32 Å². The molecule has 1 aromatic carbocycles. The van der Waals surface area contributed by atoms with E-state index in [2.05, 4.69) is 10.3 Å². The summed E-state index contributed by atoms with van der Waals surface area (Å²) >= 11 is 5.80. The minimum Gasteiger partial charge on any atom is -0.339 e. The van der Waals surface area contributed by atoms with Crippen molar-refractivity contribution in [2.45, 2.75) is 0 Å². The second-order valence-electron chi connectivity index (χ2n) is 3.09. The first-order valence-corrected chi connectivity index (χ1v) is 4.87. The van der Waals surface area contributed by atoms with Crippen molar-refractivity contribution in [3.8, 4) is 0 Å². The van der Waals surface area contributed by atoms with Gasteiger partial charge in [0.1, 0.15) is 11.6 Å². The first kappa shape index (κ1) is 10.8. The third-order valence-corrected chi connectivity index (χ3v) is 2.22. The molecule has 0 saturated carbocycles. The van der Waals surface area contributed by atoms with E-state index in [-0.39, 0.29) is 5.02 Å². The molecule has 5 heteroatoms. The van der Waals surface area contributed by atoms with Crippen LogP contribution in [0.15, 0.2) is 36.4 Å². The van der Waals surface area contributed by atoms with Crippen LogP contribution in [0.1, 0.15) is 0 Å². The number of nitrogens with zero attached hydrogens (tertiary/aromatic N) is 1. The summed E-state index contributed by atoms with van der Waals surface area (Å²) in [6, 6.07) is 8.23. The summed E-state index contributed by atoms with van der Waals surface area (Å²) in [5.74, 6) is -0.709. The summed E-state index contributed by atoms with van der Waals surface area (Å²) in [6.07, 6.45) is 0. The van der Waals surface area contributed by atoms with Gasteiger partial charge in [-0.05, 0) is 30.3 Å². The third kappa shape index (κ3) is 2.46. The number of rotatable bonds is 2. The highest BCUT2D eigenvalue weighted by molar-refractivity contribution is 6.33. The maximum atomic E-state index is 12.8. The average Bonchev–Trinajstić information content (AvgIpc) is 2.22. The van der Waals surface area contributed by atoms with Gasteiger partial charge in [0.25, 0.3) is 0 Å². The highest BCUT2D eigenvalue weighted by atomic mass is 35.5. The SMILES string of the molecule is Fc1ccc(Nc2cccc(F)n2)c(Cl)c1. The van der Waals surface area contributed by atoms with Crippen LogP contribution in [0.4, 0.5) is 20.3 Å². The lowest BCUT2D eigenvalue weighted by Crippen LogP contribution is -1.95. The first-order chi connectivity index (χ1) is 7.65. The molecule has 0 aliphatic rings. The van der Waals surface area contributed by atoms with Crippen molar-refractivity contribution in [3.05, 3.63) is 53.2 Å². The molecule has 0 amide bonds. The maximum Gasteiger partial charge on any atom is 0.214 e. The van der Waals surface area contributed by atoms with Gasteiger partial charge in [-0.25, -0.2) is 9.37 Å². The van der Waals surface area contributed by atoms with E-state index in [0.29, 0.717) is 11.5 Å². The van der Waals surface area contributed by atoms with Crippen LogP contribution in [-0.2, 0) is 0 Å². The van der Waals surface area contributed by atoms with E-state index in [9.17, 15) is 8.78 Å². The van der Waals surface area contributed by atoms with Gasteiger partial charge < -0.3 is 5.32 Å². The molecule has 2 aromatic rings. The lowest BCUT2D eigenvalue weighted by atomic mass is 10.3. The second kappa shape index (κ2) is 4.45. The Labute approximate surface area is 95.9 Å². The van der Waals surface area contributed by atoms with Gasteiger partial charge >= 0.3 is 0 Å². The van der Waals surface area contributed by atoms with E-state index in [1.165, 1.54) is 30.3 Å². The van der Waals surface area contributed by atoms with Crippen LogP contribution in [0.5, 0.6) is 0 Å². The Kier molecular flexibility index (Phi) is 3.01. The fourth-order valence-electron chi connectivity index (χ4n) is 1.21. The molecule has 0 unspecified atom stereocenters. The molecule has 0 spiro atoms. The van der Waals surface area contributed by atoms with Crippen LogP contribution >= 0.6 is 11.6 Å². The fraction of sp³-hybridized carbons (Fsp3) is 0. The topological polar surface area (TPSA) is 24.9 Å². The van der Waals surface area contributed by atoms with Gasteiger partial charge in [-0.3, -0.25) is 0 Å². The molecular weight excluding hydrogens is 234 g/mol. The van der Waals surface area contributed by atoms with Crippen LogP contribution in [0.25, 0.3) is 0 Å². The predicted octanol–water partition coefficient (Wildman–Crippen LogP) is 3.76. The smallest absolute Gasteiger partial charge is 0.214 e. The molecule has 0 atom stereocenters. The molecule has 2 rings (SSSR count). The quantitative estimate of drug-likeness (QED) is 0.809. The van der Waals surface area contributed by atoms with E-state index in [1.54, 1.807) is 6.07 Å². The summed E-state index contributed by atoms with van der Waals surface area (Å²) in [6.45, 7) is 0. The molecule has 82 valence electrons. The molecule has 0 aliphatic carbocycles. The Morgan fingerprint density at radius 2 is 1.94 bits per heavy atom. The summed E-state index contributed by atoms with van der Waals surface area (Å²) in [4.78, 5) is 3.60. The van der Waals surface area contributed by atoms with Crippen molar-refractivity contribution in [1.29, 1.82) is 0 Å². The standard InChI is InChI=1S/C11H7ClF2N2/c12-8-6-7(13)4-5-9(8)15-11-3-1-2-10(14)16-11/h1-6H,(H,15,16). The largest absolute Gasteiger partial charge is 0.339 e. The zero-order valence-corrected chi connectivity index (χ0v) is 8.80. The van der Waals surface area contributed by atoms with Crippen LogP contribution in [0, 0.1) is 11.8 Å². The number of hydrogen-bond donors (Lipinski definition) is 1. The van der Waals surface area contributed by atoms with Crippen molar-refractivity contribution < 1.29 is 8.78 Å². The fourth-order valence-corrected chi connectivity index (χ4v) is 1.42. The summed E-state index contributed by atoms with van der Waals surface area (Å²) in [7, 11) is 0. The minimum absolute atomic E-state index is 0.214. The van der Waals surface area contributed by atoms with E-state index in [4.69, 9.17) is 11.6 Å². The van der Waals surface area contributed by atoms with E-state index < -0.39 is 11.8 Å². The van der Waals surface area contributed by atoms with Gasteiger partial charge in [-0.2, -0.15) is 4.39 Å². The molecule has 0 radical (unpaired) electrons. The minimum atomic E-state index is -0.594. The van der Waals surface area contributed by atoms with Crippen molar-refractivity contribution in [2.24, 2.45) is 0 Å². The van der Waals surface area contributed by atoms with Gasteiger partial charge in [0.15, 0.2) is 0 Å². The van der Waals surface area contributed by atoms with Crippen LogP contribution in [0.3, 0.4) is 0 Å². The number of aromatic nitrogens is 1. The Hall–Kier alpha value is -1.68. The van der Waals surface area contributed by atoms with Gasteiger partial charge in [0, 0.05) is 0 Å². The second-order valence-corrected chi connectivity index (χ2v) is 3.50. The first-order valence-electron chi connectivity index (χ1n) is 4.50. The lowest BCUT2D eigenvalue weighted by Gasteiger charge is -2.07. The van der Waals surface area contributed by atoms with Gasteiger partial charge in [-0.15, -0.1) is 0 Å². The predicted molar refractivity (Wildman–Crippen MR) is 58.9 cm³/mol. The number of benzene rings is 1. The van der Waals surface area contributed by atoms with Crippen molar-refractivity contribution in [3.63, 3.8) is 0 Å². The summed E-state index contributed by atoms with van der Waals surface area (Å²) < 4.78 is 25.6. The average molecular weight is 241 g/mol. The zero-order valence-electron chi connectivity index (χ0n) is 8.05. The molecule has 1 heterocycles. The molecule has 0 bridgehead atoms. The van der Waals surface area contributed by atoms with Crippen molar-refractivity contribution >= 4 is 23.1 Å². The molecule has 0 fully saturated rings.